The quantitative estimate of drug-likeness (QED) is 0.626. The van der Waals surface area contributed by atoms with Gasteiger partial charge < -0.3 is 24.4 Å². The van der Waals surface area contributed by atoms with Gasteiger partial charge in [0.25, 0.3) is 0 Å². The highest BCUT2D eigenvalue weighted by Gasteiger charge is 2.26. The number of benzene rings is 1. The van der Waals surface area contributed by atoms with Crippen LogP contribution in [-0.4, -0.2) is 66.5 Å². The van der Waals surface area contributed by atoms with E-state index in [1.165, 1.54) is 0 Å². The van der Waals surface area contributed by atoms with Crippen LogP contribution < -0.4 is 19.7 Å². The summed E-state index contributed by atoms with van der Waals surface area (Å²) in [5.41, 5.74) is 1.93. The number of anilines is 2. The molecule has 2 saturated heterocycles. The minimum atomic E-state index is 0.233. The van der Waals surface area contributed by atoms with E-state index in [2.05, 4.69) is 25.2 Å². The highest BCUT2D eigenvalue weighted by atomic mass is 16.5. The van der Waals surface area contributed by atoms with Crippen molar-refractivity contribution in [2.24, 2.45) is 0 Å². The average molecular weight is 437 g/mol. The first-order valence-corrected chi connectivity index (χ1v) is 11.0. The predicted octanol–water partition coefficient (Wildman–Crippen LogP) is 3.02. The molecule has 0 aliphatic carbocycles. The Hall–Kier alpha value is -3.20. The summed E-state index contributed by atoms with van der Waals surface area (Å²) in [6.45, 7) is 3.33. The maximum Gasteiger partial charge on any atom is 0.225 e. The smallest absolute Gasteiger partial charge is 0.225 e. The molecule has 0 bridgehead atoms. The molecule has 2 fully saturated rings. The van der Waals surface area contributed by atoms with E-state index in [9.17, 15) is 0 Å². The molecule has 9 nitrogen and oxygen atoms in total. The highest BCUT2D eigenvalue weighted by molar-refractivity contribution is 5.91. The fourth-order valence-corrected chi connectivity index (χ4v) is 4.49. The van der Waals surface area contributed by atoms with Crippen LogP contribution in [0.5, 0.6) is 11.5 Å². The van der Waals surface area contributed by atoms with Gasteiger partial charge in [-0.2, -0.15) is 0 Å². The summed E-state index contributed by atoms with van der Waals surface area (Å²) in [6.07, 6.45) is 6.48. The standard InChI is InChI=1S/C23H28N6O3/c1-30-20-11-17-19(12-21(20)31-2)25-14-26-22(17)27-16-4-8-29(13-16)23-24-7-3-18(28-23)15-5-9-32-10-6-15/h3,7,11-12,14-16H,4-6,8-10,13H2,1-2H3,(H,25,26,27). The molecule has 2 aliphatic heterocycles. The summed E-state index contributed by atoms with van der Waals surface area (Å²) in [5.74, 6) is 3.36. The Balaban J connectivity index is 1.32. The second-order valence-corrected chi connectivity index (χ2v) is 8.19. The summed E-state index contributed by atoms with van der Waals surface area (Å²) < 4.78 is 16.4. The lowest BCUT2D eigenvalue weighted by atomic mass is 9.96. The van der Waals surface area contributed by atoms with Crippen molar-refractivity contribution in [2.45, 2.75) is 31.2 Å². The Labute approximate surface area is 187 Å². The fraction of sp³-hybridized carbons (Fsp3) is 0.478. The topological polar surface area (TPSA) is 94.5 Å². The Morgan fingerprint density at radius 2 is 1.84 bits per heavy atom. The number of hydrogen-bond acceptors (Lipinski definition) is 9. The van der Waals surface area contributed by atoms with Crippen molar-refractivity contribution in [3.63, 3.8) is 0 Å². The largest absolute Gasteiger partial charge is 0.493 e. The molecule has 2 aliphatic rings. The minimum Gasteiger partial charge on any atom is -0.493 e. The van der Waals surface area contributed by atoms with E-state index >= 15 is 0 Å². The summed E-state index contributed by atoms with van der Waals surface area (Å²) >= 11 is 0. The molecule has 32 heavy (non-hydrogen) atoms. The second kappa shape index (κ2) is 9.12. The highest BCUT2D eigenvalue weighted by Crippen LogP contribution is 2.34. The number of aromatic nitrogens is 4. The van der Waals surface area contributed by atoms with Gasteiger partial charge in [0.1, 0.15) is 12.1 Å². The SMILES string of the molecule is COc1cc2ncnc(NC3CCN(c4nccc(C5CCOCC5)n4)C3)c2cc1OC. The van der Waals surface area contributed by atoms with Crippen molar-refractivity contribution < 1.29 is 14.2 Å². The second-order valence-electron chi connectivity index (χ2n) is 8.19. The lowest BCUT2D eigenvalue weighted by molar-refractivity contribution is 0.0845. The number of nitrogens with one attached hydrogen (secondary N) is 1. The Morgan fingerprint density at radius 3 is 2.66 bits per heavy atom. The zero-order valence-corrected chi connectivity index (χ0v) is 18.5. The molecule has 0 saturated carbocycles. The van der Waals surface area contributed by atoms with Crippen molar-refractivity contribution in [2.75, 3.05) is 50.7 Å². The molecule has 4 heterocycles. The Morgan fingerprint density at radius 1 is 1.03 bits per heavy atom. The molecule has 0 radical (unpaired) electrons. The van der Waals surface area contributed by atoms with E-state index in [-0.39, 0.29) is 6.04 Å². The molecule has 1 N–H and O–H groups in total. The van der Waals surface area contributed by atoms with Crippen LogP contribution in [0.25, 0.3) is 10.9 Å². The van der Waals surface area contributed by atoms with Crippen LogP contribution in [0.1, 0.15) is 30.9 Å². The Bertz CT molecular complexity index is 1090. The molecule has 0 spiro atoms. The van der Waals surface area contributed by atoms with Gasteiger partial charge in [0.05, 0.1) is 19.7 Å². The van der Waals surface area contributed by atoms with Gasteiger partial charge in [-0.15, -0.1) is 0 Å². The van der Waals surface area contributed by atoms with Crippen LogP contribution in [-0.2, 0) is 4.74 Å². The van der Waals surface area contributed by atoms with E-state index in [1.807, 2.05) is 24.4 Å². The molecule has 0 amide bonds. The van der Waals surface area contributed by atoms with Gasteiger partial charge in [0.2, 0.25) is 5.95 Å². The van der Waals surface area contributed by atoms with Gasteiger partial charge in [0, 0.05) is 61.6 Å². The van der Waals surface area contributed by atoms with Crippen LogP contribution in [0.15, 0.2) is 30.7 Å². The van der Waals surface area contributed by atoms with Gasteiger partial charge >= 0.3 is 0 Å². The van der Waals surface area contributed by atoms with Crippen LogP contribution in [0.4, 0.5) is 11.8 Å². The predicted molar refractivity (Wildman–Crippen MR) is 122 cm³/mol. The zero-order valence-electron chi connectivity index (χ0n) is 18.5. The van der Waals surface area contributed by atoms with Gasteiger partial charge in [-0.25, -0.2) is 19.9 Å². The van der Waals surface area contributed by atoms with Gasteiger partial charge in [-0.05, 0) is 31.4 Å². The molecule has 3 aromatic rings. The third-order valence-electron chi connectivity index (χ3n) is 6.26. The van der Waals surface area contributed by atoms with Crippen molar-refractivity contribution in [1.82, 2.24) is 19.9 Å². The van der Waals surface area contributed by atoms with E-state index in [0.29, 0.717) is 17.4 Å². The lowest BCUT2D eigenvalue weighted by Crippen LogP contribution is -2.28. The maximum atomic E-state index is 5.49. The summed E-state index contributed by atoms with van der Waals surface area (Å²) in [7, 11) is 3.25. The Kier molecular flexibility index (Phi) is 5.89. The molecular formula is C23H28N6O3. The first kappa shape index (κ1) is 20.7. The number of rotatable bonds is 6. The molecule has 1 unspecified atom stereocenters. The summed E-state index contributed by atoms with van der Waals surface area (Å²) in [4.78, 5) is 20.6. The van der Waals surface area contributed by atoms with Gasteiger partial charge in [-0.1, -0.05) is 0 Å². The van der Waals surface area contributed by atoms with Crippen molar-refractivity contribution in [1.29, 1.82) is 0 Å². The van der Waals surface area contributed by atoms with Gasteiger partial charge in [-0.3, -0.25) is 0 Å². The normalized spacial score (nSPS) is 19.3. The molecule has 9 heteroatoms. The number of fused-ring (bicyclic) bond motifs is 1. The molecule has 5 rings (SSSR count). The van der Waals surface area contributed by atoms with E-state index in [1.54, 1.807) is 20.5 Å². The third-order valence-corrected chi connectivity index (χ3v) is 6.26. The van der Waals surface area contributed by atoms with Gasteiger partial charge in [0.15, 0.2) is 11.5 Å². The van der Waals surface area contributed by atoms with Crippen molar-refractivity contribution in [3.8, 4) is 11.5 Å². The maximum absolute atomic E-state index is 5.49. The summed E-state index contributed by atoms with van der Waals surface area (Å²) in [6, 6.07) is 6.07. The van der Waals surface area contributed by atoms with E-state index in [4.69, 9.17) is 19.2 Å². The number of methoxy groups -OCH3 is 2. The van der Waals surface area contributed by atoms with Crippen LogP contribution >= 0.6 is 0 Å². The van der Waals surface area contributed by atoms with E-state index < -0.39 is 0 Å². The average Bonchev–Trinajstić information content (AvgIpc) is 3.32. The number of ether oxygens (including phenoxy) is 3. The molecular weight excluding hydrogens is 408 g/mol. The van der Waals surface area contributed by atoms with Crippen LogP contribution in [0.3, 0.4) is 0 Å². The minimum absolute atomic E-state index is 0.233. The molecule has 1 aromatic carbocycles. The molecule has 168 valence electrons. The van der Waals surface area contributed by atoms with Crippen molar-refractivity contribution >= 4 is 22.7 Å². The summed E-state index contributed by atoms with van der Waals surface area (Å²) in [5, 5.41) is 4.49. The van der Waals surface area contributed by atoms with E-state index in [0.717, 1.165) is 73.9 Å². The molecule has 2 aromatic heterocycles. The number of nitrogens with zero attached hydrogens (tertiary/aromatic N) is 5. The first-order valence-electron chi connectivity index (χ1n) is 11.0. The van der Waals surface area contributed by atoms with Crippen LogP contribution in [0, 0.1) is 0 Å². The molecule has 1 atom stereocenters. The first-order chi connectivity index (χ1) is 15.7. The number of hydrogen-bond donors (Lipinski definition) is 1. The van der Waals surface area contributed by atoms with Crippen LogP contribution in [0.2, 0.25) is 0 Å². The van der Waals surface area contributed by atoms with Crippen molar-refractivity contribution in [3.05, 3.63) is 36.4 Å². The zero-order chi connectivity index (χ0) is 21.9. The lowest BCUT2D eigenvalue weighted by Gasteiger charge is -2.23. The third kappa shape index (κ3) is 4.12. The monoisotopic (exact) mass is 436 g/mol. The fourth-order valence-electron chi connectivity index (χ4n) is 4.49.